The predicted octanol–water partition coefficient (Wildman–Crippen LogP) is 3.56. The predicted molar refractivity (Wildman–Crippen MR) is 137 cm³/mol. The van der Waals surface area contributed by atoms with E-state index in [4.69, 9.17) is 4.74 Å². The van der Waals surface area contributed by atoms with Crippen LogP contribution in [0.1, 0.15) is 32.8 Å². The van der Waals surface area contributed by atoms with E-state index in [0.29, 0.717) is 11.4 Å². The molecule has 2 aromatic carbocycles. The molecule has 0 radical (unpaired) electrons. The average molecular weight is 555 g/mol. The van der Waals surface area contributed by atoms with Crippen LogP contribution in [0, 0.1) is 0 Å². The Morgan fingerprint density at radius 2 is 1.76 bits per heavy atom. The number of hydrogen-bond acceptors (Lipinski definition) is 5. The number of carbonyl (C=O) groups is 2. The third-order valence-corrected chi connectivity index (χ3v) is 7.12. The van der Waals surface area contributed by atoms with Gasteiger partial charge in [-0.25, -0.2) is 8.42 Å². The van der Waals surface area contributed by atoms with E-state index in [1.54, 1.807) is 31.2 Å². The molecule has 0 bridgehead atoms. The lowest BCUT2D eigenvalue weighted by molar-refractivity contribution is -0.139. The van der Waals surface area contributed by atoms with Gasteiger partial charge < -0.3 is 15.0 Å². The highest BCUT2D eigenvalue weighted by Crippen LogP contribution is 2.24. The molecule has 10 heteroatoms. The topological polar surface area (TPSA) is 96.0 Å². The first kappa shape index (κ1) is 27.7. The minimum Gasteiger partial charge on any atom is -0.497 e. The van der Waals surface area contributed by atoms with Gasteiger partial charge in [0, 0.05) is 23.1 Å². The van der Waals surface area contributed by atoms with Crippen molar-refractivity contribution in [3.8, 4) is 5.75 Å². The zero-order valence-corrected chi connectivity index (χ0v) is 22.5. The monoisotopic (exact) mass is 553 g/mol. The standard InChI is InChI=1S/C24H32BrN3O5S/c1-6-17(2)26-24(30)18(3)27(15-19-10-12-20(25)13-11-19)23(29)16-28(34(5,31)32)21-8-7-9-22(14-21)33-4/h7-14,17-18H,6,15-16H2,1-5H3,(H,26,30)/t17-,18+/m1/s1. The molecule has 0 saturated carbocycles. The van der Waals surface area contributed by atoms with Crippen LogP contribution < -0.4 is 14.4 Å². The maximum absolute atomic E-state index is 13.5. The first-order valence-electron chi connectivity index (χ1n) is 10.9. The quantitative estimate of drug-likeness (QED) is 0.459. The Kier molecular flexibility index (Phi) is 9.93. The molecule has 2 atom stereocenters. The van der Waals surface area contributed by atoms with Crippen LogP contribution in [0.25, 0.3) is 0 Å². The molecule has 186 valence electrons. The van der Waals surface area contributed by atoms with Crippen LogP contribution in [0.4, 0.5) is 5.69 Å². The first-order chi connectivity index (χ1) is 16.0. The van der Waals surface area contributed by atoms with Gasteiger partial charge in [0.2, 0.25) is 21.8 Å². The van der Waals surface area contributed by atoms with Gasteiger partial charge in [0.25, 0.3) is 0 Å². The minimum absolute atomic E-state index is 0.0520. The summed E-state index contributed by atoms with van der Waals surface area (Å²) >= 11 is 3.39. The van der Waals surface area contributed by atoms with Gasteiger partial charge in [0.1, 0.15) is 18.3 Å². The van der Waals surface area contributed by atoms with Crippen molar-refractivity contribution in [3.63, 3.8) is 0 Å². The number of ether oxygens (including phenoxy) is 1. The summed E-state index contributed by atoms with van der Waals surface area (Å²) in [5.41, 5.74) is 1.11. The van der Waals surface area contributed by atoms with E-state index < -0.39 is 28.5 Å². The highest BCUT2D eigenvalue weighted by molar-refractivity contribution is 9.10. The molecule has 34 heavy (non-hydrogen) atoms. The van der Waals surface area contributed by atoms with Crippen molar-refractivity contribution in [2.45, 2.75) is 45.8 Å². The lowest BCUT2D eigenvalue weighted by Crippen LogP contribution is -2.52. The van der Waals surface area contributed by atoms with Gasteiger partial charge in [-0.1, -0.05) is 41.1 Å². The molecule has 2 aromatic rings. The highest BCUT2D eigenvalue weighted by atomic mass is 79.9. The third kappa shape index (κ3) is 7.73. The lowest BCUT2D eigenvalue weighted by Gasteiger charge is -2.32. The van der Waals surface area contributed by atoms with Gasteiger partial charge in [-0.05, 0) is 50.1 Å². The van der Waals surface area contributed by atoms with Gasteiger partial charge in [-0.15, -0.1) is 0 Å². The number of benzene rings is 2. The van der Waals surface area contributed by atoms with Gasteiger partial charge in [0.15, 0.2) is 0 Å². The summed E-state index contributed by atoms with van der Waals surface area (Å²) in [6, 6.07) is 13.0. The van der Waals surface area contributed by atoms with Crippen molar-refractivity contribution in [3.05, 3.63) is 58.6 Å². The van der Waals surface area contributed by atoms with E-state index in [0.717, 1.165) is 27.0 Å². The van der Waals surface area contributed by atoms with Gasteiger partial charge in [0.05, 0.1) is 19.1 Å². The number of carbonyl (C=O) groups excluding carboxylic acids is 2. The minimum atomic E-state index is -3.80. The number of nitrogens with zero attached hydrogens (tertiary/aromatic N) is 2. The number of nitrogens with one attached hydrogen (secondary N) is 1. The molecule has 0 aliphatic rings. The van der Waals surface area contributed by atoms with E-state index in [1.807, 2.05) is 38.1 Å². The molecule has 0 aliphatic heterocycles. The van der Waals surface area contributed by atoms with E-state index in [1.165, 1.54) is 12.0 Å². The van der Waals surface area contributed by atoms with Crippen molar-refractivity contribution in [2.24, 2.45) is 0 Å². The largest absolute Gasteiger partial charge is 0.497 e. The second-order valence-corrected chi connectivity index (χ2v) is 10.9. The van der Waals surface area contributed by atoms with E-state index >= 15 is 0 Å². The summed E-state index contributed by atoms with van der Waals surface area (Å²) in [7, 11) is -2.32. The lowest BCUT2D eigenvalue weighted by atomic mass is 10.1. The van der Waals surface area contributed by atoms with Crippen LogP contribution in [0.2, 0.25) is 0 Å². The van der Waals surface area contributed by atoms with Crippen LogP contribution in [0.15, 0.2) is 53.0 Å². The second kappa shape index (κ2) is 12.2. The number of anilines is 1. The fraction of sp³-hybridized carbons (Fsp3) is 0.417. The number of halogens is 1. The molecule has 1 N–H and O–H groups in total. The normalized spacial score (nSPS) is 13.0. The Bertz CT molecular complexity index is 1090. The molecule has 0 heterocycles. The number of amides is 2. The first-order valence-corrected chi connectivity index (χ1v) is 13.6. The smallest absolute Gasteiger partial charge is 0.244 e. The summed E-state index contributed by atoms with van der Waals surface area (Å²) in [5, 5.41) is 2.90. The van der Waals surface area contributed by atoms with E-state index in [9.17, 15) is 18.0 Å². The summed E-state index contributed by atoms with van der Waals surface area (Å²) in [4.78, 5) is 27.8. The molecular weight excluding hydrogens is 522 g/mol. The average Bonchev–Trinajstić information content (AvgIpc) is 2.80. The molecule has 0 spiro atoms. The van der Waals surface area contributed by atoms with Crippen LogP contribution in [0.5, 0.6) is 5.75 Å². The Hall–Kier alpha value is -2.59. The molecule has 2 rings (SSSR count). The molecule has 2 amide bonds. The van der Waals surface area contributed by atoms with Gasteiger partial charge in [-0.3, -0.25) is 13.9 Å². The molecular formula is C24H32BrN3O5S. The van der Waals surface area contributed by atoms with Gasteiger partial charge >= 0.3 is 0 Å². The van der Waals surface area contributed by atoms with Crippen molar-refractivity contribution in [1.82, 2.24) is 10.2 Å². The third-order valence-electron chi connectivity index (χ3n) is 5.46. The number of hydrogen-bond donors (Lipinski definition) is 1. The maximum atomic E-state index is 13.5. The fourth-order valence-electron chi connectivity index (χ4n) is 3.21. The SMILES string of the molecule is CC[C@@H](C)NC(=O)[C@H](C)N(Cc1ccc(Br)cc1)C(=O)CN(c1cccc(OC)c1)S(C)(=O)=O. The molecule has 0 fully saturated rings. The summed E-state index contributed by atoms with van der Waals surface area (Å²) in [6.07, 6.45) is 1.79. The summed E-state index contributed by atoms with van der Waals surface area (Å²) in [5.74, 6) is -0.332. The Balaban J connectivity index is 2.38. The van der Waals surface area contributed by atoms with Crippen LogP contribution in [0.3, 0.4) is 0 Å². The van der Waals surface area contributed by atoms with Gasteiger partial charge in [-0.2, -0.15) is 0 Å². The molecule has 0 aliphatic carbocycles. The number of rotatable bonds is 11. The van der Waals surface area contributed by atoms with Crippen molar-refractivity contribution >= 4 is 43.5 Å². The summed E-state index contributed by atoms with van der Waals surface area (Å²) in [6.45, 7) is 5.18. The zero-order chi connectivity index (χ0) is 25.5. The van der Waals surface area contributed by atoms with E-state index in [-0.39, 0.29) is 18.5 Å². The van der Waals surface area contributed by atoms with Crippen LogP contribution in [-0.4, -0.2) is 57.1 Å². The van der Waals surface area contributed by atoms with Crippen molar-refractivity contribution in [2.75, 3.05) is 24.2 Å². The Morgan fingerprint density at radius 3 is 2.32 bits per heavy atom. The van der Waals surface area contributed by atoms with Crippen molar-refractivity contribution in [1.29, 1.82) is 0 Å². The molecule has 8 nitrogen and oxygen atoms in total. The maximum Gasteiger partial charge on any atom is 0.244 e. The fourth-order valence-corrected chi connectivity index (χ4v) is 4.32. The molecule has 0 saturated heterocycles. The highest BCUT2D eigenvalue weighted by Gasteiger charge is 2.30. The molecule has 0 unspecified atom stereocenters. The zero-order valence-electron chi connectivity index (χ0n) is 20.1. The Morgan fingerprint density at radius 1 is 1.12 bits per heavy atom. The van der Waals surface area contributed by atoms with Crippen LogP contribution >= 0.6 is 15.9 Å². The number of methoxy groups -OCH3 is 1. The second-order valence-electron chi connectivity index (χ2n) is 8.11. The Labute approximate surface area is 210 Å². The summed E-state index contributed by atoms with van der Waals surface area (Å²) < 4.78 is 32.3. The van der Waals surface area contributed by atoms with E-state index in [2.05, 4.69) is 21.2 Å². The number of sulfonamides is 1. The molecule has 0 aromatic heterocycles. The van der Waals surface area contributed by atoms with Crippen molar-refractivity contribution < 1.29 is 22.7 Å². The van der Waals surface area contributed by atoms with Crippen LogP contribution in [-0.2, 0) is 26.2 Å².